The molecule has 2 aromatic carbocycles. The number of benzene rings is 2. The Bertz CT molecular complexity index is 706. The van der Waals surface area contributed by atoms with Crippen LogP contribution in [-0.2, 0) is 6.54 Å². The van der Waals surface area contributed by atoms with Crippen LogP contribution in [0.4, 0.5) is 0 Å². The number of nitrogens with zero attached hydrogens (tertiary/aromatic N) is 1. The Morgan fingerprint density at radius 3 is 2.78 bits per heavy atom. The summed E-state index contributed by atoms with van der Waals surface area (Å²) in [5.41, 5.74) is 8.95. The Balaban J connectivity index is 2.17. The molecule has 0 saturated heterocycles. The number of hydrogen-bond acceptors (Lipinski definition) is 3. The molecule has 1 aromatic heterocycles. The molecule has 0 amide bonds. The first-order chi connectivity index (χ1) is 8.78. The van der Waals surface area contributed by atoms with Crippen molar-refractivity contribution in [2.24, 2.45) is 5.73 Å². The third-order valence-corrected chi connectivity index (χ3v) is 3.12. The van der Waals surface area contributed by atoms with Gasteiger partial charge in [-0.2, -0.15) is 0 Å². The monoisotopic (exact) mass is 258 g/mol. The quantitative estimate of drug-likeness (QED) is 0.764. The average molecular weight is 259 g/mol. The minimum atomic E-state index is 0.484. The Morgan fingerprint density at radius 2 is 2.00 bits per heavy atom. The van der Waals surface area contributed by atoms with Crippen molar-refractivity contribution in [3.63, 3.8) is 0 Å². The van der Waals surface area contributed by atoms with Crippen molar-refractivity contribution in [2.75, 3.05) is 0 Å². The van der Waals surface area contributed by atoms with Crippen LogP contribution in [-0.4, -0.2) is 4.98 Å². The van der Waals surface area contributed by atoms with E-state index in [9.17, 15) is 0 Å². The van der Waals surface area contributed by atoms with Gasteiger partial charge in [-0.15, -0.1) is 0 Å². The second-order valence-electron chi connectivity index (χ2n) is 4.01. The first-order valence-electron chi connectivity index (χ1n) is 5.62. The Kier molecular flexibility index (Phi) is 2.78. The van der Waals surface area contributed by atoms with Crippen LogP contribution < -0.4 is 5.73 Å². The van der Waals surface area contributed by atoms with Gasteiger partial charge in [0, 0.05) is 6.54 Å². The summed E-state index contributed by atoms with van der Waals surface area (Å²) in [5, 5.41) is 0.628. The molecule has 0 unspecified atom stereocenters. The molecule has 0 aliphatic rings. The lowest BCUT2D eigenvalue weighted by atomic mass is 10.2. The van der Waals surface area contributed by atoms with Crippen molar-refractivity contribution in [3.8, 4) is 11.5 Å². The van der Waals surface area contributed by atoms with E-state index < -0.39 is 0 Å². The molecule has 0 fully saturated rings. The van der Waals surface area contributed by atoms with Gasteiger partial charge in [0.25, 0.3) is 0 Å². The number of oxazole rings is 1. The smallest absolute Gasteiger partial charge is 0.228 e. The van der Waals surface area contributed by atoms with Crippen LogP contribution in [0.1, 0.15) is 5.56 Å². The summed E-state index contributed by atoms with van der Waals surface area (Å²) >= 11 is 6.12. The second-order valence-corrected chi connectivity index (χ2v) is 4.41. The lowest BCUT2D eigenvalue weighted by Gasteiger charge is -1.96. The maximum atomic E-state index is 6.12. The molecule has 0 spiro atoms. The molecule has 3 nitrogen and oxygen atoms in total. The van der Waals surface area contributed by atoms with Crippen LogP contribution in [0.3, 0.4) is 0 Å². The van der Waals surface area contributed by atoms with E-state index in [1.54, 1.807) is 0 Å². The number of fused-ring (bicyclic) bond motifs is 1. The van der Waals surface area contributed by atoms with E-state index in [4.69, 9.17) is 21.8 Å². The third-order valence-electron chi connectivity index (χ3n) is 2.79. The molecule has 3 aromatic rings. The predicted molar refractivity (Wildman–Crippen MR) is 72.3 cm³/mol. The van der Waals surface area contributed by atoms with Crippen molar-refractivity contribution < 1.29 is 4.42 Å². The summed E-state index contributed by atoms with van der Waals surface area (Å²) in [6, 6.07) is 13.2. The summed E-state index contributed by atoms with van der Waals surface area (Å²) in [6.07, 6.45) is 0. The van der Waals surface area contributed by atoms with Gasteiger partial charge in [0.15, 0.2) is 5.58 Å². The van der Waals surface area contributed by atoms with E-state index in [-0.39, 0.29) is 0 Å². The van der Waals surface area contributed by atoms with Gasteiger partial charge < -0.3 is 10.2 Å². The fraction of sp³-hybridized carbons (Fsp3) is 0.0714. The largest absolute Gasteiger partial charge is 0.436 e. The Hall–Kier alpha value is -1.84. The topological polar surface area (TPSA) is 52.0 Å². The summed E-state index contributed by atoms with van der Waals surface area (Å²) in [5.74, 6) is 0.532. The highest BCUT2D eigenvalue weighted by molar-refractivity contribution is 6.33. The fourth-order valence-corrected chi connectivity index (χ4v) is 2.06. The molecule has 0 saturated carbocycles. The maximum Gasteiger partial charge on any atom is 0.228 e. The third kappa shape index (κ3) is 1.88. The van der Waals surface area contributed by atoms with Gasteiger partial charge in [0.2, 0.25) is 5.89 Å². The van der Waals surface area contributed by atoms with Gasteiger partial charge in [0.1, 0.15) is 5.52 Å². The SMILES string of the molecule is NCc1ccc2nc(-c3ccccc3Cl)oc2c1. The molecule has 3 rings (SSSR count). The summed E-state index contributed by atoms with van der Waals surface area (Å²) in [7, 11) is 0. The van der Waals surface area contributed by atoms with Gasteiger partial charge in [-0.05, 0) is 29.8 Å². The number of aromatic nitrogens is 1. The highest BCUT2D eigenvalue weighted by atomic mass is 35.5. The molecule has 90 valence electrons. The van der Waals surface area contributed by atoms with Gasteiger partial charge in [-0.1, -0.05) is 29.8 Å². The summed E-state index contributed by atoms with van der Waals surface area (Å²) in [6.45, 7) is 0.484. The van der Waals surface area contributed by atoms with Gasteiger partial charge >= 0.3 is 0 Å². The van der Waals surface area contributed by atoms with E-state index in [2.05, 4.69) is 4.98 Å². The lowest BCUT2D eigenvalue weighted by Crippen LogP contribution is -1.94. The van der Waals surface area contributed by atoms with E-state index >= 15 is 0 Å². The molecule has 0 aliphatic heterocycles. The van der Waals surface area contributed by atoms with Gasteiger partial charge in [-0.25, -0.2) is 4.98 Å². The molecule has 0 atom stereocenters. The van der Waals surface area contributed by atoms with E-state index in [0.29, 0.717) is 17.5 Å². The first-order valence-corrected chi connectivity index (χ1v) is 6.00. The first kappa shape index (κ1) is 11.3. The second kappa shape index (κ2) is 4.44. The number of nitrogens with two attached hydrogens (primary N) is 1. The molecule has 18 heavy (non-hydrogen) atoms. The number of halogens is 1. The van der Waals surface area contributed by atoms with Crippen LogP contribution in [0.25, 0.3) is 22.6 Å². The molecule has 1 heterocycles. The van der Waals surface area contributed by atoms with Gasteiger partial charge in [-0.3, -0.25) is 0 Å². The van der Waals surface area contributed by atoms with E-state index in [0.717, 1.165) is 22.2 Å². The zero-order chi connectivity index (χ0) is 12.5. The number of hydrogen-bond donors (Lipinski definition) is 1. The van der Waals surface area contributed by atoms with Crippen molar-refractivity contribution in [1.29, 1.82) is 0 Å². The molecule has 4 heteroatoms. The maximum absolute atomic E-state index is 6.12. The van der Waals surface area contributed by atoms with Crippen molar-refractivity contribution in [3.05, 3.63) is 53.1 Å². The highest BCUT2D eigenvalue weighted by Crippen LogP contribution is 2.29. The van der Waals surface area contributed by atoms with Crippen molar-refractivity contribution in [1.82, 2.24) is 4.98 Å². The van der Waals surface area contributed by atoms with Crippen molar-refractivity contribution >= 4 is 22.7 Å². The van der Waals surface area contributed by atoms with Crippen LogP contribution in [0, 0.1) is 0 Å². The van der Waals surface area contributed by atoms with Crippen molar-refractivity contribution in [2.45, 2.75) is 6.54 Å². The Morgan fingerprint density at radius 1 is 1.17 bits per heavy atom. The van der Waals surface area contributed by atoms with Crippen LogP contribution in [0.15, 0.2) is 46.9 Å². The van der Waals surface area contributed by atoms with E-state index in [1.807, 2.05) is 42.5 Å². The van der Waals surface area contributed by atoms with Crippen LogP contribution in [0.5, 0.6) is 0 Å². The predicted octanol–water partition coefficient (Wildman–Crippen LogP) is 3.61. The molecular weight excluding hydrogens is 248 g/mol. The van der Waals surface area contributed by atoms with Crippen LogP contribution >= 0.6 is 11.6 Å². The summed E-state index contributed by atoms with van der Waals surface area (Å²) < 4.78 is 5.73. The highest BCUT2D eigenvalue weighted by Gasteiger charge is 2.11. The zero-order valence-corrected chi connectivity index (χ0v) is 10.3. The van der Waals surface area contributed by atoms with Gasteiger partial charge in [0.05, 0.1) is 10.6 Å². The molecule has 2 N–H and O–H groups in total. The number of rotatable bonds is 2. The standard InChI is InChI=1S/C14H11ClN2O/c15-11-4-2-1-3-10(11)14-17-12-6-5-9(8-16)7-13(12)18-14/h1-7H,8,16H2. The molecule has 0 radical (unpaired) electrons. The normalized spacial score (nSPS) is 11.0. The average Bonchev–Trinajstić information content (AvgIpc) is 2.81. The molecular formula is C14H11ClN2O. The Labute approximate surface area is 109 Å². The minimum absolute atomic E-state index is 0.484. The molecule has 0 aliphatic carbocycles. The molecule has 0 bridgehead atoms. The van der Waals surface area contributed by atoms with E-state index in [1.165, 1.54) is 0 Å². The minimum Gasteiger partial charge on any atom is -0.436 e. The lowest BCUT2D eigenvalue weighted by molar-refractivity contribution is 0.619. The summed E-state index contributed by atoms with van der Waals surface area (Å²) in [4.78, 5) is 4.43. The zero-order valence-electron chi connectivity index (χ0n) is 9.56. The van der Waals surface area contributed by atoms with Crippen LogP contribution in [0.2, 0.25) is 5.02 Å². The fourth-order valence-electron chi connectivity index (χ4n) is 1.85.